The summed E-state index contributed by atoms with van der Waals surface area (Å²) >= 11 is 0. The Kier molecular flexibility index (Phi) is 5.06. The van der Waals surface area contributed by atoms with Crippen molar-refractivity contribution in [3.63, 3.8) is 0 Å². The highest BCUT2D eigenvalue weighted by atomic mass is 32.2. The molecular formula is C14H25BF3N2OS. The summed E-state index contributed by atoms with van der Waals surface area (Å²) in [6.45, 7) is 7.31. The molecule has 0 spiro atoms. The predicted molar refractivity (Wildman–Crippen MR) is 82.3 cm³/mol. The Morgan fingerprint density at radius 1 is 1.27 bits per heavy atom. The molecule has 3 heterocycles. The lowest BCUT2D eigenvalue weighted by molar-refractivity contribution is -0.841. The second-order valence-corrected chi connectivity index (χ2v) is 9.77. The summed E-state index contributed by atoms with van der Waals surface area (Å²) < 4.78 is 54.0. The molecule has 8 heteroatoms. The minimum absolute atomic E-state index is 0.0345. The third kappa shape index (κ3) is 4.26. The maximum Gasteiger partial charge on any atom is 0.404 e. The first-order chi connectivity index (χ1) is 9.91. The number of hydrogen-bond donors (Lipinski definition) is 1. The second-order valence-electron chi connectivity index (χ2n) is 7.77. The molecule has 0 amide bonds. The lowest BCUT2D eigenvalue weighted by Crippen LogP contribution is -2.61. The van der Waals surface area contributed by atoms with Crippen molar-refractivity contribution in [1.29, 1.82) is 0 Å². The lowest BCUT2D eigenvalue weighted by Gasteiger charge is -2.62. The Balaban J connectivity index is 2.06. The summed E-state index contributed by atoms with van der Waals surface area (Å²) in [6, 6.07) is -1.73. The van der Waals surface area contributed by atoms with E-state index in [0.29, 0.717) is 16.9 Å². The van der Waals surface area contributed by atoms with E-state index in [-0.39, 0.29) is 12.3 Å². The van der Waals surface area contributed by atoms with Crippen molar-refractivity contribution in [2.24, 2.45) is 11.8 Å². The van der Waals surface area contributed by atoms with Crippen LogP contribution in [0.2, 0.25) is 0 Å². The largest absolute Gasteiger partial charge is 0.588 e. The Hall–Kier alpha value is -0.0751. The highest BCUT2D eigenvalue weighted by Gasteiger charge is 2.46. The normalized spacial score (nSPS) is 35.4. The molecule has 1 unspecified atom stereocenters. The molecular weight excluding hydrogens is 312 g/mol. The smallest absolute Gasteiger partial charge is 0.404 e. The average molecular weight is 337 g/mol. The van der Waals surface area contributed by atoms with E-state index in [2.05, 4.69) is 4.72 Å². The highest BCUT2D eigenvalue weighted by Crippen LogP contribution is 2.40. The fourth-order valence-corrected chi connectivity index (χ4v) is 4.34. The molecule has 3 nitrogen and oxygen atoms in total. The van der Waals surface area contributed by atoms with Gasteiger partial charge in [0, 0.05) is 25.6 Å². The van der Waals surface area contributed by atoms with Gasteiger partial charge in [0.1, 0.15) is 6.04 Å². The summed E-state index contributed by atoms with van der Waals surface area (Å²) in [5.74, 6) is 0.266. The van der Waals surface area contributed by atoms with Gasteiger partial charge in [-0.25, -0.2) is 16.9 Å². The second kappa shape index (κ2) is 6.09. The van der Waals surface area contributed by atoms with Crippen LogP contribution in [-0.4, -0.2) is 53.2 Å². The van der Waals surface area contributed by atoms with E-state index in [0.717, 1.165) is 25.9 Å². The summed E-state index contributed by atoms with van der Waals surface area (Å²) in [5.41, 5.74) is 0. The van der Waals surface area contributed by atoms with Crippen molar-refractivity contribution in [2.45, 2.75) is 57.0 Å². The van der Waals surface area contributed by atoms with Gasteiger partial charge < -0.3 is 4.39 Å². The Morgan fingerprint density at radius 3 is 2.23 bits per heavy atom. The van der Waals surface area contributed by atoms with Crippen molar-refractivity contribution in [2.75, 3.05) is 19.6 Å². The number of hydrogen-bond acceptors (Lipinski definition) is 1. The van der Waals surface area contributed by atoms with Gasteiger partial charge in [-0.15, -0.1) is 0 Å². The SMILES string of the molecule is [B-][N+]12CCC(CC1)[C@H](C[C@H](NS(=O)C(C)(C)C)C(F)(F)F)C2. The van der Waals surface area contributed by atoms with Gasteiger partial charge in [0.15, 0.2) is 0 Å². The number of rotatable bonds is 4. The van der Waals surface area contributed by atoms with Crippen LogP contribution in [0.15, 0.2) is 0 Å². The lowest BCUT2D eigenvalue weighted by atomic mass is 9.72. The van der Waals surface area contributed by atoms with Gasteiger partial charge in [0.25, 0.3) is 0 Å². The monoisotopic (exact) mass is 337 g/mol. The van der Waals surface area contributed by atoms with Crippen LogP contribution in [0.4, 0.5) is 13.2 Å². The van der Waals surface area contributed by atoms with Crippen molar-refractivity contribution < 1.29 is 21.8 Å². The zero-order chi connectivity index (χ0) is 16.8. The van der Waals surface area contributed by atoms with Crippen LogP contribution < -0.4 is 4.72 Å². The fourth-order valence-electron chi connectivity index (χ4n) is 3.50. The number of nitrogens with one attached hydrogen (secondary N) is 1. The molecule has 0 saturated carbocycles. The van der Waals surface area contributed by atoms with Gasteiger partial charge in [-0.05, 0) is 46.0 Å². The number of fused-ring (bicyclic) bond motifs is 3. The third-order valence-corrected chi connectivity index (χ3v) is 6.51. The molecule has 2 bridgehead atoms. The molecule has 0 aromatic rings. The Labute approximate surface area is 134 Å². The quantitative estimate of drug-likeness (QED) is 0.784. The minimum Gasteiger partial charge on any atom is -0.588 e. The van der Waals surface area contributed by atoms with E-state index < -0.39 is 28.0 Å². The Bertz CT molecular complexity index is 431. The van der Waals surface area contributed by atoms with Crippen LogP contribution in [0, 0.1) is 11.8 Å². The maximum absolute atomic E-state index is 13.3. The predicted octanol–water partition coefficient (Wildman–Crippen LogP) is 2.30. The first kappa shape index (κ1) is 18.3. The number of piperidine rings is 3. The van der Waals surface area contributed by atoms with Gasteiger partial charge in [-0.1, -0.05) is 0 Å². The third-order valence-electron chi connectivity index (χ3n) is 4.89. The number of quaternary nitrogens is 1. The van der Waals surface area contributed by atoms with Crippen molar-refractivity contribution >= 4 is 19.0 Å². The summed E-state index contributed by atoms with van der Waals surface area (Å²) in [6.07, 6.45) is -2.64. The molecule has 0 aromatic heterocycles. The summed E-state index contributed by atoms with van der Waals surface area (Å²) in [4.78, 5) is 0. The van der Waals surface area contributed by atoms with E-state index in [1.54, 1.807) is 20.8 Å². The molecule has 3 rings (SSSR count). The van der Waals surface area contributed by atoms with Crippen LogP contribution in [0.3, 0.4) is 0 Å². The van der Waals surface area contributed by atoms with Crippen molar-refractivity contribution in [1.82, 2.24) is 4.72 Å². The number of nitrogens with zero attached hydrogens (tertiary/aromatic N) is 1. The molecule has 127 valence electrons. The van der Waals surface area contributed by atoms with E-state index in [4.69, 9.17) is 7.98 Å². The van der Waals surface area contributed by atoms with Crippen molar-refractivity contribution in [3.8, 4) is 0 Å². The van der Waals surface area contributed by atoms with Crippen LogP contribution in [0.1, 0.15) is 40.0 Å². The van der Waals surface area contributed by atoms with Gasteiger partial charge >= 0.3 is 6.18 Å². The molecule has 22 heavy (non-hydrogen) atoms. The van der Waals surface area contributed by atoms with Crippen LogP contribution in [0.25, 0.3) is 0 Å². The molecule has 0 aromatic carbocycles. The van der Waals surface area contributed by atoms with E-state index in [9.17, 15) is 17.4 Å². The molecule has 3 aliphatic rings. The van der Waals surface area contributed by atoms with E-state index >= 15 is 0 Å². The van der Waals surface area contributed by atoms with Gasteiger partial charge in [0.2, 0.25) is 0 Å². The summed E-state index contributed by atoms with van der Waals surface area (Å²) in [7, 11) is 4.48. The zero-order valence-corrected chi connectivity index (χ0v) is 14.3. The Morgan fingerprint density at radius 2 is 1.82 bits per heavy atom. The van der Waals surface area contributed by atoms with E-state index in [1.165, 1.54) is 0 Å². The highest BCUT2D eigenvalue weighted by molar-refractivity contribution is 7.84. The fraction of sp³-hybridized carbons (Fsp3) is 1.00. The minimum atomic E-state index is -4.40. The maximum atomic E-state index is 13.3. The van der Waals surface area contributed by atoms with Gasteiger partial charge in [0.05, 0.1) is 15.7 Å². The van der Waals surface area contributed by atoms with Gasteiger partial charge in [-0.3, -0.25) is 0 Å². The van der Waals surface area contributed by atoms with Gasteiger partial charge in [-0.2, -0.15) is 13.2 Å². The molecule has 3 radical (unpaired) electrons. The standard InChI is InChI=1S/C14H25BF3N2OS/c1-13(2,3)22(21)19-12(14(16,17)18)8-11-9-20(15)6-4-10(11)5-7-20/h10-12,19H,4-9H2,1-3H3/t10?,11-,12+,20?,22?/m1/s1. The van der Waals surface area contributed by atoms with E-state index in [1.807, 2.05) is 0 Å². The molecule has 1 N–H and O–H groups in total. The zero-order valence-electron chi connectivity index (χ0n) is 13.4. The first-order valence-electron chi connectivity index (χ1n) is 7.80. The van der Waals surface area contributed by atoms with Crippen LogP contribution in [-0.2, 0) is 11.0 Å². The molecule has 3 fully saturated rings. The molecule has 3 atom stereocenters. The van der Waals surface area contributed by atoms with Crippen molar-refractivity contribution in [3.05, 3.63) is 0 Å². The molecule has 0 aliphatic carbocycles. The van der Waals surface area contributed by atoms with Crippen LogP contribution in [0.5, 0.6) is 0 Å². The molecule has 3 aliphatic heterocycles. The number of alkyl halides is 3. The molecule has 3 saturated heterocycles. The van der Waals surface area contributed by atoms with Crippen LogP contribution >= 0.6 is 0 Å². The average Bonchev–Trinajstić information content (AvgIpc) is 2.35. The number of halogens is 3. The first-order valence-corrected chi connectivity index (χ1v) is 8.95. The summed E-state index contributed by atoms with van der Waals surface area (Å²) in [5, 5.41) is 0. The topological polar surface area (TPSA) is 29.1 Å².